The number of pyridine rings is 2. The first-order valence-electron chi connectivity index (χ1n) is 10.9. The van der Waals surface area contributed by atoms with Crippen molar-refractivity contribution in [2.24, 2.45) is 0 Å². The zero-order valence-corrected chi connectivity index (χ0v) is 18.7. The van der Waals surface area contributed by atoms with E-state index >= 15 is 0 Å². The van der Waals surface area contributed by atoms with Crippen LogP contribution in [0, 0.1) is 0 Å². The second-order valence-electron chi connectivity index (χ2n) is 8.30. The first kappa shape index (κ1) is 20.1. The summed E-state index contributed by atoms with van der Waals surface area (Å²) in [7, 11) is 2.78. The molecule has 34 heavy (non-hydrogen) atoms. The maximum atomic E-state index is 12.3. The Morgan fingerprint density at radius 1 is 0.588 bits per heavy atom. The summed E-state index contributed by atoms with van der Waals surface area (Å²) >= 11 is 0. The zero-order chi connectivity index (χ0) is 23.4. The lowest BCUT2D eigenvalue weighted by Gasteiger charge is -2.10. The van der Waals surface area contributed by atoms with E-state index in [4.69, 9.17) is 9.47 Å². The summed E-state index contributed by atoms with van der Waals surface area (Å²) < 4.78 is 12.0. The number of rotatable bonds is 2. The Balaban J connectivity index is 1.87. The summed E-state index contributed by atoms with van der Waals surface area (Å²) in [5.41, 5.74) is 2.01. The van der Waals surface area contributed by atoms with Crippen molar-refractivity contribution in [3.05, 3.63) is 96.3 Å². The summed E-state index contributed by atoms with van der Waals surface area (Å²) in [6.07, 6.45) is 4.08. The van der Waals surface area contributed by atoms with Gasteiger partial charge in [-0.15, -0.1) is 0 Å². The molecule has 0 spiro atoms. The Hall–Kier alpha value is -4.51. The Kier molecular flexibility index (Phi) is 4.45. The monoisotopic (exact) mass is 446 g/mol. The fourth-order valence-corrected chi connectivity index (χ4v) is 4.87. The van der Waals surface area contributed by atoms with Gasteiger partial charge in [0.05, 0.1) is 36.1 Å². The standard InChI is InChI=1S/C29H20NO4/c1-33-28(31)21-9-5-17-3-7-19-11-13-30-14-12-20-8-4-18-6-10-22(29(32)34-2)16-24(18)26(20)27(30)25(19)23(17)15-21/h3-16H,1-2H3/q+1. The van der Waals surface area contributed by atoms with E-state index in [0.717, 1.165) is 48.6 Å². The summed E-state index contributed by atoms with van der Waals surface area (Å²) in [5.74, 6) is -0.741. The van der Waals surface area contributed by atoms with Crippen LogP contribution in [0.3, 0.4) is 0 Å². The van der Waals surface area contributed by atoms with Gasteiger partial charge in [0.15, 0.2) is 12.4 Å². The quantitative estimate of drug-likeness (QED) is 0.197. The summed E-state index contributed by atoms with van der Waals surface area (Å²) in [6, 6.07) is 23.7. The second-order valence-corrected chi connectivity index (χ2v) is 8.30. The van der Waals surface area contributed by atoms with Crippen LogP contribution in [0.25, 0.3) is 48.6 Å². The third-order valence-electron chi connectivity index (χ3n) is 6.51. The predicted octanol–water partition coefficient (Wildman–Crippen LogP) is 5.61. The van der Waals surface area contributed by atoms with Crippen LogP contribution in [0.15, 0.2) is 85.2 Å². The SMILES string of the molecule is COC(=O)c1ccc2ccc3cc[n+]4ccc5ccc6ccc(C(=O)OC)cc6c5c4c3c2c1. The molecule has 5 heteroatoms. The number of hydrogen-bond donors (Lipinski definition) is 0. The van der Waals surface area contributed by atoms with Crippen LogP contribution in [0.5, 0.6) is 0 Å². The molecule has 4 aromatic carbocycles. The molecule has 0 bridgehead atoms. The van der Waals surface area contributed by atoms with E-state index in [9.17, 15) is 9.59 Å². The molecule has 6 rings (SSSR count). The molecule has 2 heterocycles. The Bertz CT molecular complexity index is 1680. The molecule has 6 aromatic rings. The van der Waals surface area contributed by atoms with E-state index in [0.29, 0.717) is 11.1 Å². The number of benzene rings is 4. The van der Waals surface area contributed by atoms with Gasteiger partial charge in [0.2, 0.25) is 5.52 Å². The van der Waals surface area contributed by atoms with Crippen molar-refractivity contribution in [2.45, 2.75) is 0 Å². The molecule has 0 aliphatic rings. The Labute approximate surface area is 194 Å². The van der Waals surface area contributed by atoms with Crippen LogP contribution in [0.1, 0.15) is 20.7 Å². The Morgan fingerprint density at radius 3 is 1.44 bits per heavy atom. The smallest absolute Gasteiger partial charge is 0.337 e. The number of carbonyl (C=O) groups is 2. The van der Waals surface area contributed by atoms with Crippen molar-refractivity contribution in [3.8, 4) is 0 Å². The summed E-state index contributed by atoms with van der Waals surface area (Å²) in [5, 5.41) is 8.17. The largest absolute Gasteiger partial charge is 0.465 e. The summed E-state index contributed by atoms with van der Waals surface area (Å²) in [6.45, 7) is 0. The van der Waals surface area contributed by atoms with Crippen LogP contribution in [-0.4, -0.2) is 26.2 Å². The molecule has 0 aliphatic heterocycles. The van der Waals surface area contributed by atoms with E-state index in [2.05, 4.69) is 40.8 Å². The van der Waals surface area contributed by atoms with Gasteiger partial charge in [-0.25, -0.2) is 9.59 Å². The normalized spacial score (nSPS) is 11.5. The maximum absolute atomic E-state index is 12.3. The molecule has 164 valence electrons. The van der Waals surface area contributed by atoms with Crippen molar-refractivity contribution in [3.63, 3.8) is 0 Å². The fraction of sp³-hybridized carbons (Fsp3) is 0.0690. The number of carbonyl (C=O) groups excluding carboxylic acids is 2. The number of aromatic nitrogens is 1. The molecular weight excluding hydrogens is 426 g/mol. The van der Waals surface area contributed by atoms with E-state index in [1.54, 1.807) is 12.1 Å². The third kappa shape index (κ3) is 2.90. The van der Waals surface area contributed by atoms with Gasteiger partial charge in [0, 0.05) is 12.1 Å². The minimum Gasteiger partial charge on any atom is -0.465 e. The molecule has 0 aliphatic carbocycles. The fourth-order valence-electron chi connectivity index (χ4n) is 4.87. The predicted molar refractivity (Wildman–Crippen MR) is 132 cm³/mol. The lowest BCUT2D eigenvalue weighted by atomic mass is 9.95. The molecule has 0 radical (unpaired) electrons. The van der Waals surface area contributed by atoms with Crippen molar-refractivity contribution in [1.82, 2.24) is 0 Å². The molecule has 2 aromatic heterocycles. The highest BCUT2D eigenvalue weighted by Crippen LogP contribution is 2.35. The number of esters is 2. The van der Waals surface area contributed by atoms with Gasteiger partial charge in [-0.05, 0) is 56.6 Å². The topological polar surface area (TPSA) is 56.7 Å². The molecule has 0 N–H and O–H groups in total. The van der Waals surface area contributed by atoms with Gasteiger partial charge in [0.1, 0.15) is 0 Å². The maximum Gasteiger partial charge on any atom is 0.337 e. The lowest BCUT2D eigenvalue weighted by molar-refractivity contribution is -0.509. The van der Waals surface area contributed by atoms with Gasteiger partial charge < -0.3 is 9.47 Å². The van der Waals surface area contributed by atoms with Crippen molar-refractivity contribution in [2.75, 3.05) is 14.2 Å². The van der Waals surface area contributed by atoms with Crippen molar-refractivity contribution >= 4 is 60.5 Å². The molecule has 0 amide bonds. The number of fused-ring (bicyclic) bond motifs is 9. The van der Waals surface area contributed by atoms with Crippen LogP contribution >= 0.6 is 0 Å². The van der Waals surface area contributed by atoms with E-state index in [1.807, 2.05) is 36.7 Å². The molecule has 0 unspecified atom stereocenters. The Morgan fingerprint density at radius 2 is 1.00 bits per heavy atom. The minimum atomic E-state index is -0.371. The molecule has 0 saturated carbocycles. The molecule has 0 atom stereocenters. The van der Waals surface area contributed by atoms with E-state index in [-0.39, 0.29) is 11.9 Å². The van der Waals surface area contributed by atoms with Crippen LogP contribution in [0.2, 0.25) is 0 Å². The lowest BCUT2D eigenvalue weighted by Crippen LogP contribution is -2.20. The number of ether oxygens (including phenoxy) is 2. The number of nitrogens with zero attached hydrogens (tertiary/aromatic N) is 1. The molecule has 0 fully saturated rings. The van der Waals surface area contributed by atoms with Crippen molar-refractivity contribution < 1.29 is 23.5 Å². The molecule has 5 nitrogen and oxygen atoms in total. The van der Waals surface area contributed by atoms with Crippen molar-refractivity contribution in [1.29, 1.82) is 0 Å². The average molecular weight is 446 g/mol. The van der Waals surface area contributed by atoms with Crippen LogP contribution in [-0.2, 0) is 9.47 Å². The van der Waals surface area contributed by atoms with Crippen LogP contribution < -0.4 is 4.40 Å². The number of methoxy groups -OCH3 is 2. The highest BCUT2D eigenvalue weighted by atomic mass is 16.5. The minimum absolute atomic E-state index is 0.371. The van der Waals surface area contributed by atoms with Gasteiger partial charge in [0.25, 0.3) is 0 Å². The second kappa shape index (κ2) is 7.52. The number of hydrogen-bond acceptors (Lipinski definition) is 4. The van der Waals surface area contributed by atoms with Gasteiger partial charge in [-0.3, -0.25) is 0 Å². The molecule has 0 saturated heterocycles. The summed E-state index contributed by atoms with van der Waals surface area (Å²) in [4.78, 5) is 24.6. The van der Waals surface area contributed by atoms with E-state index in [1.165, 1.54) is 14.2 Å². The first-order chi connectivity index (χ1) is 16.6. The highest BCUT2D eigenvalue weighted by Gasteiger charge is 2.19. The highest BCUT2D eigenvalue weighted by molar-refractivity contribution is 6.25. The van der Waals surface area contributed by atoms with Gasteiger partial charge in [-0.2, -0.15) is 4.40 Å². The first-order valence-corrected chi connectivity index (χ1v) is 10.9. The van der Waals surface area contributed by atoms with E-state index < -0.39 is 0 Å². The third-order valence-corrected chi connectivity index (χ3v) is 6.51. The molecular formula is C29H20NO4+. The average Bonchev–Trinajstić information content (AvgIpc) is 2.90. The zero-order valence-electron chi connectivity index (χ0n) is 18.7. The van der Waals surface area contributed by atoms with Crippen LogP contribution in [0.4, 0.5) is 0 Å². The van der Waals surface area contributed by atoms with Gasteiger partial charge in [-0.1, -0.05) is 36.4 Å². The van der Waals surface area contributed by atoms with Gasteiger partial charge >= 0.3 is 11.9 Å².